The van der Waals surface area contributed by atoms with Crippen molar-refractivity contribution >= 4 is 5.95 Å². The normalized spacial score (nSPS) is 14.8. The minimum Gasteiger partial charge on any atom is -0.491 e. The average molecular weight is 335 g/mol. The molecule has 1 aromatic carbocycles. The Balaban J connectivity index is 1.48. The lowest BCUT2D eigenvalue weighted by atomic mass is 9.98. The van der Waals surface area contributed by atoms with E-state index in [1.54, 1.807) is 0 Å². The van der Waals surface area contributed by atoms with Gasteiger partial charge in [0.2, 0.25) is 5.95 Å². The van der Waals surface area contributed by atoms with Gasteiger partial charge in [0, 0.05) is 24.5 Å². The molecular formula is C17H19F2N3O2. The van der Waals surface area contributed by atoms with Crippen molar-refractivity contribution in [1.29, 1.82) is 0 Å². The summed E-state index contributed by atoms with van der Waals surface area (Å²) in [6.07, 6.45) is 5.26. The molecule has 3 rings (SSSR count). The largest absolute Gasteiger partial charge is 0.491 e. The van der Waals surface area contributed by atoms with Gasteiger partial charge < -0.3 is 15.2 Å². The number of fused-ring (bicyclic) bond motifs is 1. The predicted molar refractivity (Wildman–Crippen MR) is 85.0 cm³/mol. The standard InChI is InChI=1S/C17H19F2N3O2/c18-14-6-5-13(7-15(14)19)24-10-12(23)9-21-17-20-8-11-3-1-2-4-16(11)22-17/h5-8,12,23H,1-4,9-10H2,(H,20,21,22). The molecular weight excluding hydrogens is 316 g/mol. The number of rotatable bonds is 6. The van der Waals surface area contributed by atoms with Crippen molar-refractivity contribution in [3.63, 3.8) is 0 Å². The van der Waals surface area contributed by atoms with Crippen molar-refractivity contribution in [2.75, 3.05) is 18.5 Å². The van der Waals surface area contributed by atoms with Crippen LogP contribution >= 0.6 is 0 Å². The Hall–Kier alpha value is -2.28. The molecule has 0 saturated heterocycles. The van der Waals surface area contributed by atoms with Gasteiger partial charge >= 0.3 is 0 Å². The third-order valence-electron chi connectivity index (χ3n) is 3.89. The van der Waals surface area contributed by atoms with E-state index < -0.39 is 17.7 Å². The molecule has 2 aromatic rings. The molecule has 2 N–H and O–H groups in total. The number of aliphatic hydroxyl groups excluding tert-OH is 1. The third kappa shape index (κ3) is 4.17. The lowest BCUT2D eigenvalue weighted by Crippen LogP contribution is -2.27. The first kappa shape index (κ1) is 16.6. The second-order valence-corrected chi connectivity index (χ2v) is 5.79. The van der Waals surface area contributed by atoms with Crippen molar-refractivity contribution in [3.05, 3.63) is 47.3 Å². The van der Waals surface area contributed by atoms with Gasteiger partial charge in [-0.1, -0.05) is 0 Å². The monoisotopic (exact) mass is 335 g/mol. The zero-order chi connectivity index (χ0) is 16.9. The number of anilines is 1. The third-order valence-corrected chi connectivity index (χ3v) is 3.89. The molecule has 24 heavy (non-hydrogen) atoms. The van der Waals surface area contributed by atoms with Crippen LogP contribution in [0.4, 0.5) is 14.7 Å². The molecule has 1 atom stereocenters. The number of hydrogen-bond donors (Lipinski definition) is 2. The van der Waals surface area contributed by atoms with E-state index in [9.17, 15) is 13.9 Å². The van der Waals surface area contributed by atoms with Gasteiger partial charge in [-0.15, -0.1) is 0 Å². The van der Waals surface area contributed by atoms with Crippen LogP contribution in [-0.2, 0) is 12.8 Å². The molecule has 0 amide bonds. The highest BCUT2D eigenvalue weighted by Gasteiger charge is 2.13. The number of aromatic nitrogens is 2. The summed E-state index contributed by atoms with van der Waals surface area (Å²) < 4.78 is 31.1. The average Bonchev–Trinajstić information content (AvgIpc) is 2.60. The minimum atomic E-state index is -0.984. The SMILES string of the molecule is OC(CNc1ncc2c(n1)CCCC2)COc1ccc(F)c(F)c1. The van der Waals surface area contributed by atoms with E-state index in [-0.39, 0.29) is 18.9 Å². The van der Waals surface area contributed by atoms with Crippen LogP contribution in [-0.4, -0.2) is 34.3 Å². The van der Waals surface area contributed by atoms with Gasteiger partial charge in [-0.3, -0.25) is 0 Å². The number of halogens is 2. The molecule has 1 heterocycles. The lowest BCUT2D eigenvalue weighted by molar-refractivity contribution is 0.117. The van der Waals surface area contributed by atoms with Crippen LogP contribution in [0.15, 0.2) is 24.4 Å². The summed E-state index contributed by atoms with van der Waals surface area (Å²) in [5.74, 6) is -1.28. The smallest absolute Gasteiger partial charge is 0.222 e. The summed E-state index contributed by atoms with van der Waals surface area (Å²) >= 11 is 0. The fourth-order valence-electron chi connectivity index (χ4n) is 2.59. The molecule has 0 saturated carbocycles. The summed E-state index contributed by atoms with van der Waals surface area (Å²) in [6, 6.07) is 3.24. The van der Waals surface area contributed by atoms with Crippen molar-refractivity contribution in [2.24, 2.45) is 0 Å². The van der Waals surface area contributed by atoms with Gasteiger partial charge in [0.25, 0.3) is 0 Å². The van der Waals surface area contributed by atoms with E-state index in [2.05, 4.69) is 15.3 Å². The van der Waals surface area contributed by atoms with Gasteiger partial charge in [-0.05, 0) is 43.4 Å². The van der Waals surface area contributed by atoms with Crippen LogP contribution in [0.5, 0.6) is 5.75 Å². The summed E-state index contributed by atoms with van der Waals surface area (Å²) in [6.45, 7) is 0.144. The number of nitrogens with zero attached hydrogens (tertiary/aromatic N) is 2. The highest BCUT2D eigenvalue weighted by atomic mass is 19.2. The minimum absolute atomic E-state index is 0.0526. The van der Waals surface area contributed by atoms with E-state index in [0.29, 0.717) is 5.95 Å². The molecule has 1 unspecified atom stereocenters. The first-order chi connectivity index (χ1) is 11.6. The van der Waals surface area contributed by atoms with Crippen LogP contribution < -0.4 is 10.1 Å². The Morgan fingerprint density at radius 2 is 2.04 bits per heavy atom. The molecule has 0 bridgehead atoms. The van der Waals surface area contributed by atoms with Gasteiger partial charge in [-0.25, -0.2) is 18.7 Å². The Kier molecular flexibility index (Phi) is 5.20. The van der Waals surface area contributed by atoms with Gasteiger partial charge in [-0.2, -0.15) is 0 Å². The molecule has 1 aliphatic rings. The lowest BCUT2D eigenvalue weighted by Gasteiger charge is -2.16. The zero-order valence-electron chi connectivity index (χ0n) is 13.1. The number of benzene rings is 1. The Bertz CT molecular complexity index is 712. The molecule has 7 heteroatoms. The molecule has 1 aromatic heterocycles. The first-order valence-corrected chi connectivity index (χ1v) is 7.96. The highest BCUT2D eigenvalue weighted by molar-refractivity contribution is 5.31. The maximum Gasteiger partial charge on any atom is 0.222 e. The zero-order valence-corrected chi connectivity index (χ0v) is 13.1. The maximum absolute atomic E-state index is 13.1. The summed E-state index contributed by atoms with van der Waals surface area (Å²) in [5, 5.41) is 12.9. The van der Waals surface area contributed by atoms with Crippen molar-refractivity contribution < 1.29 is 18.6 Å². The molecule has 128 valence electrons. The van der Waals surface area contributed by atoms with Crippen LogP contribution in [0.1, 0.15) is 24.1 Å². The molecule has 1 aliphatic carbocycles. The van der Waals surface area contributed by atoms with Crippen LogP contribution in [0.25, 0.3) is 0 Å². The van der Waals surface area contributed by atoms with Gasteiger partial charge in [0.15, 0.2) is 11.6 Å². The van der Waals surface area contributed by atoms with Gasteiger partial charge in [0.05, 0.1) is 0 Å². The maximum atomic E-state index is 13.1. The number of ether oxygens (including phenoxy) is 1. The number of nitrogens with one attached hydrogen (secondary N) is 1. The van der Waals surface area contributed by atoms with E-state index in [1.165, 1.54) is 18.1 Å². The highest BCUT2D eigenvalue weighted by Crippen LogP contribution is 2.19. The van der Waals surface area contributed by atoms with Crippen LogP contribution in [0.3, 0.4) is 0 Å². The van der Waals surface area contributed by atoms with E-state index >= 15 is 0 Å². The number of aliphatic hydroxyl groups is 1. The first-order valence-electron chi connectivity index (χ1n) is 7.96. The summed E-state index contributed by atoms with van der Waals surface area (Å²) in [5.41, 5.74) is 2.25. The van der Waals surface area contributed by atoms with Gasteiger partial charge in [0.1, 0.15) is 18.5 Å². The summed E-state index contributed by atoms with van der Waals surface area (Å²) in [7, 11) is 0. The Morgan fingerprint density at radius 3 is 2.88 bits per heavy atom. The topological polar surface area (TPSA) is 67.3 Å². The number of hydrogen-bond acceptors (Lipinski definition) is 5. The van der Waals surface area contributed by atoms with E-state index in [4.69, 9.17) is 4.74 Å². The molecule has 0 spiro atoms. The van der Waals surface area contributed by atoms with E-state index in [1.807, 2.05) is 6.20 Å². The van der Waals surface area contributed by atoms with E-state index in [0.717, 1.165) is 37.1 Å². The van der Waals surface area contributed by atoms with Crippen LogP contribution in [0.2, 0.25) is 0 Å². The molecule has 0 aliphatic heterocycles. The molecule has 0 radical (unpaired) electrons. The van der Waals surface area contributed by atoms with Crippen LogP contribution in [0, 0.1) is 11.6 Å². The fraction of sp³-hybridized carbons (Fsp3) is 0.412. The Labute approximate surface area is 138 Å². The quantitative estimate of drug-likeness (QED) is 0.849. The molecule has 5 nitrogen and oxygen atoms in total. The second kappa shape index (κ2) is 7.53. The fourth-order valence-corrected chi connectivity index (χ4v) is 2.59. The number of aryl methyl sites for hydroxylation is 2. The Morgan fingerprint density at radius 1 is 1.21 bits per heavy atom. The summed E-state index contributed by atoms with van der Waals surface area (Å²) in [4.78, 5) is 8.70. The molecule has 0 fully saturated rings. The second-order valence-electron chi connectivity index (χ2n) is 5.79. The van der Waals surface area contributed by atoms with Crippen molar-refractivity contribution in [3.8, 4) is 5.75 Å². The predicted octanol–water partition coefficient (Wildman–Crippen LogP) is 2.49. The van der Waals surface area contributed by atoms with Crippen molar-refractivity contribution in [2.45, 2.75) is 31.8 Å². The van der Waals surface area contributed by atoms with Crippen molar-refractivity contribution in [1.82, 2.24) is 9.97 Å².